The quantitative estimate of drug-likeness (QED) is 0.729. The predicted octanol–water partition coefficient (Wildman–Crippen LogP) is 3.42. The summed E-state index contributed by atoms with van der Waals surface area (Å²) in [4.78, 5) is 0. The second-order valence-corrected chi connectivity index (χ2v) is 4.30. The lowest BCUT2D eigenvalue weighted by Crippen LogP contribution is -2.22. The predicted molar refractivity (Wildman–Crippen MR) is 74.7 cm³/mol. The van der Waals surface area contributed by atoms with E-state index in [0.29, 0.717) is 12.6 Å². The number of hydrogen-bond acceptors (Lipinski definition) is 2. The summed E-state index contributed by atoms with van der Waals surface area (Å²) in [7, 11) is 1.73. The smallest absolute Gasteiger partial charge is 0.0661 e. The van der Waals surface area contributed by atoms with E-state index in [1.807, 2.05) is 6.08 Å². The van der Waals surface area contributed by atoms with Gasteiger partial charge in [0.1, 0.15) is 0 Å². The number of aryl methyl sites for hydroxylation is 1. The van der Waals surface area contributed by atoms with E-state index in [-0.39, 0.29) is 0 Å². The van der Waals surface area contributed by atoms with Gasteiger partial charge >= 0.3 is 0 Å². The van der Waals surface area contributed by atoms with Gasteiger partial charge in [0.05, 0.1) is 6.61 Å². The molecule has 0 saturated heterocycles. The molecule has 0 heterocycles. The molecule has 94 valence electrons. The Morgan fingerprint density at radius 2 is 2.12 bits per heavy atom. The number of allylic oxidation sites excluding steroid dienone is 1. The average Bonchev–Trinajstić information content (AvgIpc) is 2.32. The highest BCUT2D eigenvalue weighted by atomic mass is 16.5. The van der Waals surface area contributed by atoms with Crippen molar-refractivity contribution in [3.63, 3.8) is 0 Å². The van der Waals surface area contributed by atoms with Crippen LogP contribution in [0, 0.1) is 0 Å². The van der Waals surface area contributed by atoms with Gasteiger partial charge in [-0.2, -0.15) is 0 Å². The van der Waals surface area contributed by atoms with Crippen LogP contribution < -0.4 is 5.32 Å². The Labute approximate surface area is 105 Å². The minimum absolute atomic E-state index is 0.316. The van der Waals surface area contributed by atoms with Crippen molar-refractivity contribution in [1.82, 2.24) is 0 Å². The summed E-state index contributed by atoms with van der Waals surface area (Å²) in [6, 6.07) is 6.76. The summed E-state index contributed by atoms with van der Waals surface area (Å²) in [6.07, 6.45) is 3.88. The van der Waals surface area contributed by atoms with Crippen LogP contribution in [0.15, 0.2) is 30.9 Å². The molecule has 2 nitrogen and oxygen atoms in total. The number of methoxy groups -OCH3 is 1. The maximum Gasteiger partial charge on any atom is 0.0661 e. The zero-order chi connectivity index (χ0) is 12.7. The maximum absolute atomic E-state index is 5.17. The molecular formula is C15H23NO. The molecule has 0 aromatic heterocycles. The van der Waals surface area contributed by atoms with Crippen molar-refractivity contribution in [2.75, 3.05) is 19.0 Å². The lowest BCUT2D eigenvalue weighted by molar-refractivity contribution is 0.190. The van der Waals surface area contributed by atoms with Gasteiger partial charge in [-0.05, 0) is 30.9 Å². The Morgan fingerprint density at radius 3 is 2.71 bits per heavy atom. The van der Waals surface area contributed by atoms with Gasteiger partial charge in [-0.3, -0.25) is 0 Å². The second kappa shape index (κ2) is 7.13. The molecule has 0 aliphatic rings. The van der Waals surface area contributed by atoms with E-state index in [9.17, 15) is 0 Å². The van der Waals surface area contributed by atoms with Crippen LogP contribution >= 0.6 is 0 Å². The fourth-order valence-electron chi connectivity index (χ4n) is 2.00. The minimum Gasteiger partial charge on any atom is -0.383 e. The standard InChI is InChI=1S/C15H23NO/c1-5-8-14-10-7-9-13(6-2)15(14)16-12(3)11-17-4/h5,7,9-10,12,16H,1,6,8,11H2,2-4H3. The summed E-state index contributed by atoms with van der Waals surface area (Å²) >= 11 is 0. The molecular weight excluding hydrogens is 210 g/mol. The third-order valence-electron chi connectivity index (χ3n) is 2.79. The van der Waals surface area contributed by atoms with Crippen LogP contribution in [0.5, 0.6) is 0 Å². The van der Waals surface area contributed by atoms with Gasteiger partial charge in [-0.25, -0.2) is 0 Å². The van der Waals surface area contributed by atoms with Crippen molar-refractivity contribution in [3.8, 4) is 0 Å². The van der Waals surface area contributed by atoms with Crippen molar-refractivity contribution in [2.45, 2.75) is 32.7 Å². The number of nitrogens with one attached hydrogen (secondary N) is 1. The first-order valence-electron chi connectivity index (χ1n) is 6.20. The lowest BCUT2D eigenvalue weighted by atomic mass is 10.0. The molecule has 2 heteroatoms. The highest BCUT2D eigenvalue weighted by Crippen LogP contribution is 2.23. The largest absolute Gasteiger partial charge is 0.383 e. The molecule has 1 rings (SSSR count). The van der Waals surface area contributed by atoms with Crippen LogP contribution in [0.25, 0.3) is 0 Å². The summed E-state index contributed by atoms with van der Waals surface area (Å²) < 4.78 is 5.17. The summed E-state index contributed by atoms with van der Waals surface area (Å²) in [5.41, 5.74) is 3.91. The Kier molecular flexibility index (Phi) is 5.78. The molecule has 1 aromatic rings. The Morgan fingerprint density at radius 1 is 1.41 bits per heavy atom. The molecule has 0 fully saturated rings. The monoisotopic (exact) mass is 233 g/mol. The van der Waals surface area contributed by atoms with Crippen LogP contribution in [0.4, 0.5) is 5.69 Å². The van der Waals surface area contributed by atoms with Crippen LogP contribution in [-0.4, -0.2) is 19.8 Å². The van der Waals surface area contributed by atoms with E-state index >= 15 is 0 Å². The number of hydrogen-bond donors (Lipinski definition) is 1. The van der Waals surface area contributed by atoms with Crippen molar-refractivity contribution in [2.24, 2.45) is 0 Å². The van der Waals surface area contributed by atoms with Crippen LogP contribution in [0.2, 0.25) is 0 Å². The normalized spacial score (nSPS) is 12.2. The molecule has 0 aliphatic carbocycles. The summed E-state index contributed by atoms with van der Waals surface area (Å²) in [6.45, 7) is 8.84. The van der Waals surface area contributed by atoms with E-state index in [1.165, 1.54) is 16.8 Å². The van der Waals surface area contributed by atoms with Gasteiger partial charge in [-0.1, -0.05) is 31.2 Å². The zero-order valence-corrected chi connectivity index (χ0v) is 11.1. The molecule has 0 amide bonds. The molecule has 17 heavy (non-hydrogen) atoms. The van der Waals surface area contributed by atoms with Crippen molar-refractivity contribution in [1.29, 1.82) is 0 Å². The SMILES string of the molecule is C=CCc1cccc(CC)c1NC(C)COC. The minimum atomic E-state index is 0.316. The Balaban J connectivity index is 2.95. The highest BCUT2D eigenvalue weighted by Gasteiger charge is 2.09. The molecule has 1 N–H and O–H groups in total. The molecule has 0 radical (unpaired) electrons. The Hall–Kier alpha value is -1.28. The van der Waals surface area contributed by atoms with Crippen molar-refractivity contribution in [3.05, 3.63) is 42.0 Å². The highest BCUT2D eigenvalue weighted by molar-refractivity contribution is 5.59. The first-order chi connectivity index (χ1) is 8.22. The van der Waals surface area contributed by atoms with Crippen LogP contribution in [-0.2, 0) is 17.6 Å². The third-order valence-corrected chi connectivity index (χ3v) is 2.79. The molecule has 0 aliphatic heterocycles. The van der Waals surface area contributed by atoms with Crippen LogP contribution in [0.3, 0.4) is 0 Å². The second-order valence-electron chi connectivity index (χ2n) is 4.30. The number of anilines is 1. The average molecular weight is 233 g/mol. The van der Waals surface area contributed by atoms with Gasteiger partial charge in [-0.15, -0.1) is 6.58 Å². The van der Waals surface area contributed by atoms with Crippen LogP contribution in [0.1, 0.15) is 25.0 Å². The van der Waals surface area contributed by atoms with Gasteiger partial charge in [0.2, 0.25) is 0 Å². The Bertz CT molecular complexity index is 360. The summed E-state index contributed by atoms with van der Waals surface area (Å²) in [5.74, 6) is 0. The number of benzene rings is 1. The van der Waals surface area contributed by atoms with Gasteiger partial charge in [0.15, 0.2) is 0 Å². The molecule has 0 saturated carbocycles. The topological polar surface area (TPSA) is 21.3 Å². The fraction of sp³-hybridized carbons (Fsp3) is 0.467. The van der Waals surface area contributed by atoms with E-state index in [0.717, 1.165) is 12.8 Å². The van der Waals surface area contributed by atoms with Crippen molar-refractivity contribution < 1.29 is 4.74 Å². The van der Waals surface area contributed by atoms with Crippen molar-refractivity contribution >= 4 is 5.69 Å². The first-order valence-corrected chi connectivity index (χ1v) is 6.20. The maximum atomic E-state index is 5.17. The van der Waals surface area contributed by atoms with E-state index in [2.05, 4.69) is 43.9 Å². The number of para-hydroxylation sites is 1. The zero-order valence-electron chi connectivity index (χ0n) is 11.1. The number of rotatable bonds is 7. The van der Waals surface area contributed by atoms with E-state index in [1.54, 1.807) is 7.11 Å². The molecule has 0 spiro atoms. The molecule has 1 unspecified atom stereocenters. The third kappa shape index (κ3) is 3.90. The van der Waals surface area contributed by atoms with E-state index < -0.39 is 0 Å². The number of ether oxygens (including phenoxy) is 1. The fourth-order valence-corrected chi connectivity index (χ4v) is 2.00. The van der Waals surface area contributed by atoms with E-state index in [4.69, 9.17) is 4.74 Å². The van der Waals surface area contributed by atoms with Gasteiger partial charge in [0.25, 0.3) is 0 Å². The van der Waals surface area contributed by atoms with Gasteiger partial charge < -0.3 is 10.1 Å². The lowest BCUT2D eigenvalue weighted by Gasteiger charge is -2.20. The first kappa shape index (κ1) is 13.8. The summed E-state index contributed by atoms with van der Waals surface area (Å²) in [5, 5.41) is 3.54. The molecule has 0 bridgehead atoms. The molecule has 1 aromatic carbocycles. The van der Waals surface area contributed by atoms with Gasteiger partial charge in [0, 0.05) is 18.8 Å². The molecule has 1 atom stereocenters.